The molecule has 0 aromatic heterocycles. The maximum absolute atomic E-state index is 12.5. The van der Waals surface area contributed by atoms with E-state index in [0.717, 1.165) is 25.7 Å². The standard InChI is InChI=1S/C16H23NO3/c1-3-13(18)20-16-8-11-5-12(9-16)7-15(6-11,10-16)14(19)17-4-2/h3,11-12H,1,4-10H2,2H3,(H,17,19). The smallest absolute Gasteiger partial charge is 0.330 e. The number of hydrogen-bond acceptors (Lipinski definition) is 3. The van der Waals surface area contributed by atoms with Gasteiger partial charge in [-0.15, -0.1) is 0 Å². The van der Waals surface area contributed by atoms with Crippen LogP contribution in [0.5, 0.6) is 0 Å². The molecule has 4 rings (SSSR count). The lowest BCUT2D eigenvalue weighted by atomic mass is 9.47. The van der Waals surface area contributed by atoms with Crippen molar-refractivity contribution in [1.29, 1.82) is 0 Å². The average molecular weight is 277 g/mol. The third kappa shape index (κ3) is 2.05. The molecule has 4 saturated carbocycles. The molecule has 0 aromatic rings. The molecule has 2 unspecified atom stereocenters. The summed E-state index contributed by atoms with van der Waals surface area (Å²) in [6.45, 7) is 6.10. The Balaban J connectivity index is 1.87. The van der Waals surface area contributed by atoms with Crippen molar-refractivity contribution in [3.8, 4) is 0 Å². The number of carbonyl (C=O) groups excluding carboxylic acids is 2. The minimum absolute atomic E-state index is 0.160. The highest BCUT2D eigenvalue weighted by atomic mass is 16.6. The number of rotatable bonds is 4. The second-order valence-electron chi connectivity index (χ2n) is 6.91. The van der Waals surface area contributed by atoms with E-state index in [4.69, 9.17) is 4.74 Å². The Hall–Kier alpha value is -1.32. The van der Waals surface area contributed by atoms with Crippen molar-refractivity contribution in [3.05, 3.63) is 12.7 Å². The van der Waals surface area contributed by atoms with Crippen LogP contribution in [0.1, 0.15) is 45.4 Å². The predicted molar refractivity (Wildman–Crippen MR) is 74.8 cm³/mol. The van der Waals surface area contributed by atoms with Crippen molar-refractivity contribution in [1.82, 2.24) is 5.32 Å². The van der Waals surface area contributed by atoms with Gasteiger partial charge in [0.25, 0.3) is 0 Å². The molecule has 20 heavy (non-hydrogen) atoms. The number of nitrogens with one attached hydrogen (secondary N) is 1. The summed E-state index contributed by atoms with van der Waals surface area (Å²) in [6.07, 6.45) is 6.88. The largest absolute Gasteiger partial charge is 0.456 e. The molecule has 0 saturated heterocycles. The van der Waals surface area contributed by atoms with Gasteiger partial charge in [-0.25, -0.2) is 4.79 Å². The van der Waals surface area contributed by atoms with E-state index in [9.17, 15) is 9.59 Å². The van der Waals surface area contributed by atoms with Crippen LogP contribution in [0.15, 0.2) is 12.7 Å². The quantitative estimate of drug-likeness (QED) is 0.633. The molecule has 1 N–H and O–H groups in total. The molecule has 0 aromatic carbocycles. The first-order valence-corrected chi connectivity index (χ1v) is 7.64. The fourth-order valence-corrected chi connectivity index (χ4v) is 5.17. The van der Waals surface area contributed by atoms with Gasteiger partial charge in [-0.1, -0.05) is 6.58 Å². The number of ether oxygens (including phenoxy) is 1. The summed E-state index contributed by atoms with van der Waals surface area (Å²) in [5.74, 6) is 0.860. The Morgan fingerprint density at radius 2 is 1.95 bits per heavy atom. The first-order chi connectivity index (χ1) is 9.51. The monoisotopic (exact) mass is 277 g/mol. The molecule has 4 aliphatic rings. The van der Waals surface area contributed by atoms with Crippen LogP contribution in [-0.4, -0.2) is 24.0 Å². The van der Waals surface area contributed by atoms with E-state index >= 15 is 0 Å². The highest BCUT2D eigenvalue weighted by molar-refractivity contribution is 5.84. The summed E-state index contributed by atoms with van der Waals surface area (Å²) >= 11 is 0. The van der Waals surface area contributed by atoms with Crippen molar-refractivity contribution in [3.63, 3.8) is 0 Å². The Bertz CT molecular complexity index is 443. The van der Waals surface area contributed by atoms with E-state index in [1.165, 1.54) is 12.5 Å². The predicted octanol–water partition coefficient (Wildman–Crippen LogP) is 2.19. The van der Waals surface area contributed by atoms with Gasteiger partial charge in [0.15, 0.2) is 0 Å². The molecule has 4 aliphatic carbocycles. The van der Waals surface area contributed by atoms with Crippen molar-refractivity contribution in [2.45, 2.75) is 51.0 Å². The molecule has 4 heteroatoms. The summed E-state index contributed by atoms with van der Waals surface area (Å²) in [7, 11) is 0. The van der Waals surface area contributed by atoms with E-state index in [-0.39, 0.29) is 17.3 Å². The number of carbonyl (C=O) groups is 2. The zero-order valence-corrected chi connectivity index (χ0v) is 12.1. The molecule has 1 amide bonds. The fraction of sp³-hybridized carbons (Fsp3) is 0.750. The van der Waals surface area contributed by atoms with Crippen LogP contribution in [0.25, 0.3) is 0 Å². The molecule has 4 nitrogen and oxygen atoms in total. The summed E-state index contributed by atoms with van der Waals surface area (Å²) < 4.78 is 5.72. The molecule has 2 atom stereocenters. The number of esters is 1. The fourth-order valence-electron chi connectivity index (χ4n) is 5.17. The van der Waals surface area contributed by atoms with Gasteiger partial charge in [0.05, 0.1) is 5.41 Å². The third-order valence-corrected chi connectivity index (χ3v) is 5.31. The van der Waals surface area contributed by atoms with Crippen LogP contribution in [0, 0.1) is 17.3 Å². The SMILES string of the molecule is C=CC(=O)OC12CC3CC(C1)CC(C(=O)NCC)(C3)C2. The number of hydrogen-bond donors (Lipinski definition) is 1. The van der Waals surface area contributed by atoms with Crippen LogP contribution in [-0.2, 0) is 14.3 Å². The van der Waals surface area contributed by atoms with E-state index in [1.54, 1.807) is 0 Å². The Morgan fingerprint density at radius 3 is 2.50 bits per heavy atom. The van der Waals surface area contributed by atoms with Crippen molar-refractivity contribution < 1.29 is 14.3 Å². The first kappa shape index (κ1) is 13.7. The van der Waals surface area contributed by atoms with Crippen LogP contribution in [0.3, 0.4) is 0 Å². The van der Waals surface area contributed by atoms with Crippen LogP contribution in [0.2, 0.25) is 0 Å². The van der Waals surface area contributed by atoms with E-state index in [1.807, 2.05) is 6.92 Å². The van der Waals surface area contributed by atoms with Gasteiger partial charge in [-0.3, -0.25) is 4.79 Å². The van der Waals surface area contributed by atoms with Gasteiger partial charge in [-0.05, 0) is 50.9 Å². The maximum atomic E-state index is 12.5. The van der Waals surface area contributed by atoms with Crippen LogP contribution >= 0.6 is 0 Å². The molecule has 4 bridgehead atoms. The topological polar surface area (TPSA) is 55.4 Å². The van der Waals surface area contributed by atoms with E-state index in [0.29, 0.717) is 24.8 Å². The second kappa shape index (κ2) is 4.61. The van der Waals surface area contributed by atoms with Gasteiger partial charge in [0.1, 0.15) is 5.60 Å². The molecular formula is C16H23NO3. The molecule has 0 radical (unpaired) electrons. The second-order valence-corrected chi connectivity index (χ2v) is 6.91. The molecule has 4 fully saturated rings. The van der Waals surface area contributed by atoms with E-state index in [2.05, 4.69) is 11.9 Å². The Kier molecular flexibility index (Phi) is 3.14. The Morgan fingerprint density at radius 1 is 1.30 bits per heavy atom. The lowest BCUT2D eigenvalue weighted by Gasteiger charge is -2.60. The molecule has 110 valence electrons. The summed E-state index contributed by atoms with van der Waals surface area (Å²) in [5, 5.41) is 2.99. The summed E-state index contributed by atoms with van der Waals surface area (Å²) in [4.78, 5) is 24.2. The zero-order valence-electron chi connectivity index (χ0n) is 12.1. The molecule has 0 aliphatic heterocycles. The average Bonchev–Trinajstić information content (AvgIpc) is 2.36. The van der Waals surface area contributed by atoms with Gasteiger partial charge in [0.2, 0.25) is 5.91 Å². The number of amides is 1. The minimum atomic E-state index is -0.416. The normalized spacial score (nSPS) is 41.2. The third-order valence-electron chi connectivity index (χ3n) is 5.31. The summed E-state index contributed by atoms with van der Waals surface area (Å²) in [5.41, 5.74) is -0.720. The maximum Gasteiger partial charge on any atom is 0.330 e. The highest BCUT2D eigenvalue weighted by Crippen LogP contribution is 2.62. The van der Waals surface area contributed by atoms with E-state index < -0.39 is 5.60 Å². The van der Waals surface area contributed by atoms with Gasteiger partial charge < -0.3 is 10.1 Å². The van der Waals surface area contributed by atoms with Crippen molar-refractivity contribution in [2.24, 2.45) is 17.3 Å². The zero-order chi connectivity index (χ0) is 14.4. The Labute approximate surface area is 119 Å². The first-order valence-electron chi connectivity index (χ1n) is 7.64. The van der Waals surface area contributed by atoms with Crippen LogP contribution in [0.4, 0.5) is 0 Å². The van der Waals surface area contributed by atoms with Gasteiger partial charge in [-0.2, -0.15) is 0 Å². The van der Waals surface area contributed by atoms with Crippen molar-refractivity contribution in [2.75, 3.05) is 6.54 Å². The lowest BCUT2D eigenvalue weighted by Crippen LogP contribution is -2.61. The summed E-state index contributed by atoms with van der Waals surface area (Å²) in [6, 6.07) is 0. The minimum Gasteiger partial charge on any atom is -0.456 e. The van der Waals surface area contributed by atoms with Gasteiger partial charge >= 0.3 is 5.97 Å². The van der Waals surface area contributed by atoms with Gasteiger partial charge in [0, 0.05) is 19.0 Å². The molecule has 0 heterocycles. The lowest BCUT2D eigenvalue weighted by molar-refractivity contribution is -0.200. The van der Waals surface area contributed by atoms with Crippen molar-refractivity contribution >= 4 is 11.9 Å². The highest BCUT2D eigenvalue weighted by Gasteiger charge is 2.62. The molecule has 0 spiro atoms. The van der Waals surface area contributed by atoms with Crippen LogP contribution < -0.4 is 5.32 Å². The molecular weight excluding hydrogens is 254 g/mol.